The number of aryl methyl sites for hydroxylation is 2. The minimum Gasteiger partial charge on any atom is -0.389 e. The number of aliphatic hydroxyl groups is 1. The predicted octanol–water partition coefficient (Wildman–Crippen LogP) is 1.60. The number of fused-ring (bicyclic) bond motifs is 1. The number of aromatic nitrogens is 4. The van der Waals surface area contributed by atoms with Gasteiger partial charge in [-0.1, -0.05) is 27.7 Å². The monoisotopic (exact) mass is 489 g/mol. The Morgan fingerprint density at radius 2 is 2.03 bits per heavy atom. The van der Waals surface area contributed by atoms with E-state index in [-0.39, 0.29) is 30.0 Å². The summed E-state index contributed by atoms with van der Waals surface area (Å²) in [5.74, 6) is -0.323. The number of aliphatic hydroxyl groups excluding tert-OH is 1. The lowest BCUT2D eigenvalue weighted by atomic mass is 10.0. The molecule has 0 bridgehead atoms. The van der Waals surface area contributed by atoms with Crippen LogP contribution in [0.4, 0.5) is 0 Å². The van der Waals surface area contributed by atoms with Gasteiger partial charge in [-0.25, -0.2) is 9.86 Å². The van der Waals surface area contributed by atoms with Crippen molar-refractivity contribution in [3.63, 3.8) is 0 Å². The molecule has 1 amide bonds. The summed E-state index contributed by atoms with van der Waals surface area (Å²) < 4.78 is 2.65. The van der Waals surface area contributed by atoms with Gasteiger partial charge in [-0.3, -0.25) is 28.7 Å². The quantitative estimate of drug-likeness (QED) is 0.520. The summed E-state index contributed by atoms with van der Waals surface area (Å²) in [5.41, 5.74) is 2.21. The van der Waals surface area contributed by atoms with Gasteiger partial charge in [0.2, 0.25) is 0 Å². The number of amides is 1. The molecule has 1 aliphatic heterocycles. The maximum atomic E-state index is 13.6. The molecule has 1 saturated heterocycles. The van der Waals surface area contributed by atoms with Gasteiger partial charge >= 0.3 is 5.69 Å². The van der Waals surface area contributed by atoms with Crippen LogP contribution in [0.15, 0.2) is 9.59 Å². The van der Waals surface area contributed by atoms with E-state index in [1.54, 1.807) is 4.57 Å². The van der Waals surface area contributed by atoms with E-state index in [1.165, 1.54) is 18.4 Å². The standard InChI is InChI=1S/C23H31N5O5S/c1-6-15-14(16(7-2)25-24-15)8-17-18(21(31)28-10-13(29)11-33-28)19-20(30)26(5)23(32)27(9-12(3)4)22(19)34-17/h12-13,29H,6-11H2,1-5H3,(H,24,25)/t13-/m0/s1. The van der Waals surface area contributed by atoms with Gasteiger partial charge in [0.15, 0.2) is 0 Å². The first kappa shape index (κ1) is 24.4. The zero-order valence-corrected chi connectivity index (χ0v) is 21.0. The van der Waals surface area contributed by atoms with Crippen LogP contribution in [-0.2, 0) is 37.7 Å². The molecule has 3 aromatic rings. The number of hydrogen-bond acceptors (Lipinski definition) is 7. The second-order valence-electron chi connectivity index (χ2n) is 9.06. The zero-order chi connectivity index (χ0) is 24.7. The fraction of sp³-hybridized carbons (Fsp3) is 0.565. The molecule has 1 atom stereocenters. The van der Waals surface area contributed by atoms with E-state index in [4.69, 9.17) is 4.84 Å². The highest BCUT2D eigenvalue weighted by Gasteiger charge is 2.33. The van der Waals surface area contributed by atoms with Crippen molar-refractivity contribution in [1.29, 1.82) is 0 Å². The van der Waals surface area contributed by atoms with Crippen LogP contribution in [0, 0.1) is 5.92 Å². The predicted molar refractivity (Wildman–Crippen MR) is 129 cm³/mol. The number of aromatic amines is 1. The SMILES string of the molecule is CCc1n[nH]c(CC)c1Cc1sc2c(c1C(=O)N1C[C@H](O)CO1)c(=O)n(C)c(=O)n2CC(C)C. The summed E-state index contributed by atoms with van der Waals surface area (Å²) in [6.45, 7) is 8.50. The number of carbonyl (C=O) groups is 1. The lowest BCUT2D eigenvalue weighted by Crippen LogP contribution is -2.39. The van der Waals surface area contributed by atoms with Crippen molar-refractivity contribution < 1.29 is 14.7 Å². The molecule has 34 heavy (non-hydrogen) atoms. The minimum absolute atomic E-state index is 0.0148. The van der Waals surface area contributed by atoms with Crippen molar-refractivity contribution in [3.8, 4) is 0 Å². The fourth-order valence-corrected chi connectivity index (χ4v) is 5.69. The van der Waals surface area contributed by atoms with Gasteiger partial charge in [-0.15, -0.1) is 11.3 Å². The van der Waals surface area contributed by atoms with Gasteiger partial charge in [-0.05, 0) is 18.8 Å². The number of thiophene rings is 1. The molecule has 0 radical (unpaired) electrons. The third-order valence-electron chi connectivity index (χ3n) is 6.10. The highest BCUT2D eigenvalue weighted by molar-refractivity contribution is 7.19. The number of hydrogen-bond donors (Lipinski definition) is 2. The van der Waals surface area contributed by atoms with E-state index in [0.717, 1.165) is 39.4 Å². The summed E-state index contributed by atoms with van der Waals surface area (Å²) in [7, 11) is 1.43. The van der Waals surface area contributed by atoms with Gasteiger partial charge in [0.1, 0.15) is 17.5 Å². The molecule has 10 nitrogen and oxygen atoms in total. The second kappa shape index (κ2) is 9.47. The van der Waals surface area contributed by atoms with Crippen LogP contribution in [0.3, 0.4) is 0 Å². The van der Waals surface area contributed by atoms with E-state index < -0.39 is 23.3 Å². The molecule has 184 valence electrons. The number of H-pyrrole nitrogens is 1. The fourth-order valence-electron chi connectivity index (χ4n) is 4.39. The normalized spacial score (nSPS) is 16.3. The molecule has 4 heterocycles. The Morgan fingerprint density at radius 1 is 1.29 bits per heavy atom. The number of nitrogens with one attached hydrogen (secondary N) is 1. The Morgan fingerprint density at radius 3 is 2.62 bits per heavy atom. The van der Waals surface area contributed by atoms with Crippen molar-refractivity contribution in [1.82, 2.24) is 24.4 Å². The van der Waals surface area contributed by atoms with E-state index in [2.05, 4.69) is 10.2 Å². The van der Waals surface area contributed by atoms with Crippen LogP contribution >= 0.6 is 11.3 Å². The van der Waals surface area contributed by atoms with Gasteiger partial charge in [0.05, 0.1) is 23.2 Å². The smallest absolute Gasteiger partial charge is 0.331 e. The van der Waals surface area contributed by atoms with Crippen molar-refractivity contribution in [2.45, 2.75) is 59.6 Å². The Bertz CT molecular complexity index is 1330. The lowest BCUT2D eigenvalue weighted by Gasteiger charge is -2.15. The van der Waals surface area contributed by atoms with Gasteiger partial charge in [-0.2, -0.15) is 5.10 Å². The second-order valence-corrected chi connectivity index (χ2v) is 10.1. The maximum Gasteiger partial charge on any atom is 0.331 e. The maximum absolute atomic E-state index is 13.6. The molecular weight excluding hydrogens is 458 g/mol. The summed E-state index contributed by atoms with van der Waals surface area (Å²) in [6, 6.07) is 0. The van der Waals surface area contributed by atoms with E-state index >= 15 is 0 Å². The highest BCUT2D eigenvalue weighted by Crippen LogP contribution is 2.34. The summed E-state index contributed by atoms with van der Waals surface area (Å²) in [5, 5.41) is 18.8. The van der Waals surface area contributed by atoms with Gasteiger partial charge < -0.3 is 5.11 Å². The number of hydroxylamine groups is 2. The molecule has 0 aliphatic carbocycles. The van der Waals surface area contributed by atoms with Crippen molar-refractivity contribution in [2.24, 2.45) is 13.0 Å². The Labute approximate surface area is 200 Å². The molecule has 0 saturated carbocycles. The Kier molecular flexibility index (Phi) is 6.79. The molecular formula is C23H31N5O5S. The van der Waals surface area contributed by atoms with E-state index in [1.807, 2.05) is 27.7 Å². The Hall–Kier alpha value is -2.76. The first-order chi connectivity index (χ1) is 16.2. The molecule has 2 N–H and O–H groups in total. The average Bonchev–Trinajstić information content (AvgIpc) is 3.51. The van der Waals surface area contributed by atoms with E-state index in [0.29, 0.717) is 22.7 Å². The van der Waals surface area contributed by atoms with Crippen molar-refractivity contribution in [3.05, 3.63) is 48.2 Å². The van der Waals surface area contributed by atoms with Crippen molar-refractivity contribution >= 4 is 27.5 Å². The van der Waals surface area contributed by atoms with Crippen LogP contribution in [0.25, 0.3) is 10.2 Å². The zero-order valence-electron chi connectivity index (χ0n) is 20.2. The number of nitrogens with zero attached hydrogens (tertiary/aromatic N) is 4. The van der Waals surface area contributed by atoms with Crippen molar-refractivity contribution in [2.75, 3.05) is 13.2 Å². The number of β-amino-alcohol motifs (C(OH)–C–C–N with tert-alkyl or cyclic N) is 1. The van der Waals surface area contributed by atoms with Gasteiger partial charge in [0, 0.05) is 36.1 Å². The average molecular weight is 490 g/mol. The first-order valence-corrected chi connectivity index (χ1v) is 12.4. The van der Waals surface area contributed by atoms with Crippen LogP contribution in [0.1, 0.15) is 59.9 Å². The highest BCUT2D eigenvalue weighted by atomic mass is 32.1. The molecule has 0 spiro atoms. The van der Waals surface area contributed by atoms with Crippen LogP contribution < -0.4 is 11.2 Å². The summed E-state index contributed by atoms with van der Waals surface area (Å²) in [4.78, 5) is 46.6. The molecule has 11 heteroatoms. The van der Waals surface area contributed by atoms with Crippen LogP contribution in [0.2, 0.25) is 0 Å². The molecule has 0 aromatic carbocycles. The third kappa shape index (κ3) is 4.12. The lowest BCUT2D eigenvalue weighted by molar-refractivity contribution is -0.0778. The minimum atomic E-state index is -0.786. The largest absolute Gasteiger partial charge is 0.389 e. The Balaban J connectivity index is 2.00. The van der Waals surface area contributed by atoms with E-state index in [9.17, 15) is 19.5 Å². The number of carbonyl (C=O) groups excluding carboxylic acids is 1. The third-order valence-corrected chi connectivity index (χ3v) is 7.31. The molecule has 1 fully saturated rings. The van der Waals surface area contributed by atoms with Crippen LogP contribution in [0.5, 0.6) is 0 Å². The van der Waals surface area contributed by atoms with Crippen LogP contribution in [-0.4, -0.2) is 54.7 Å². The first-order valence-electron chi connectivity index (χ1n) is 11.6. The summed E-state index contributed by atoms with van der Waals surface area (Å²) >= 11 is 1.30. The molecule has 1 aliphatic rings. The topological polar surface area (TPSA) is 122 Å². The molecule has 4 rings (SSSR count). The molecule has 0 unspecified atom stereocenters. The summed E-state index contributed by atoms with van der Waals surface area (Å²) in [6.07, 6.45) is 1.09. The van der Waals surface area contributed by atoms with Gasteiger partial charge in [0.25, 0.3) is 11.5 Å². The molecule has 3 aromatic heterocycles. The number of rotatable bonds is 7.